The summed E-state index contributed by atoms with van der Waals surface area (Å²) in [7, 11) is 1.69. The molecular weight excluding hydrogens is 332 g/mol. The van der Waals surface area contributed by atoms with Crippen molar-refractivity contribution in [3.63, 3.8) is 0 Å². The Labute approximate surface area is 149 Å². The van der Waals surface area contributed by atoms with E-state index < -0.39 is 10.0 Å². The van der Waals surface area contributed by atoms with Crippen LogP contribution in [0.5, 0.6) is 0 Å². The highest BCUT2D eigenvalue weighted by Gasteiger charge is 2.17. The number of hydrogen-bond donors (Lipinski definition) is 0. The van der Waals surface area contributed by atoms with E-state index in [1.807, 2.05) is 25.2 Å². The van der Waals surface area contributed by atoms with Crippen molar-refractivity contribution in [2.75, 3.05) is 26.0 Å². The third-order valence-corrected chi connectivity index (χ3v) is 6.08. The monoisotopic (exact) mass is 354 g/mol. The number of sulfonamides is 1. The molecule has 4 nitrogen and oxygen atoms in total. The van der Waals surface area contributed by atoms with Gasteiger partial charge in [0.05, 0.1) is 4.90 Å². The first-order valence-electron chi connectivity index (χ1n) is 8.09. The topological polar surface area (TPSA) is 40.6 Å². The Bertz CT molecular complexity index is 997. The molecule has 0 aromatic heterocycles. The van der Waals surface area contributed by atoms with Gasteiger partial charge in [0, 0.05) is 33.4 Å². The molecule has 0 saturated heterocycles. The number of hydrogen-bond acceptors (Lipinski definition) is 3. The molecule has 0 radical (unpaired) electrons. The normalized spacial score (nSPS) is 11.8. The molecule has 0 aliphatic heterocycles. The Balaban J connectivity index is 1.86. The predicted octanol–water partition coefficient (Wildman–Crippen LogP) is 3.73. The van der Waals surface area contributed by atoms with Crippen LogP contribution in [0.1, 0.15) is 5.56 Å². The second-order valence-electron chi connectivity index (χ2n) is 6.32. The fourth-order valence-electron chi connectivity index (χ4n) is 2.79. The lowest BCUT2D eigenvalue weighted by molar-refractivity contribution is 0.520. The molecule has 0 unspecified atom stereocenters. The Hall–Kier alpha value is -2.37. The summed E-state index contributed by atoms with van der Waals surface area (Å²) in [6, 6.07) is 21.7. The first-order valence-corrected chi connectivity index (χ1v) is 9.53. The van der Waals surface area contributed by atoms with Crippen LogP contribution in [0.15, 0.2) is 71.6 Å². The minimum atomic E-state index is -3.41. The van der Waals surface area contributed by atoms with Crippen LogP contribution in [0, 0.1) is 0 Å². The third kappa shape index (κ3) is 3.67. The smallest absolute Gasteiger partial charge is 0.242 e. The average Bonchev–Trinajstić information content (AvgIpc) is 2.61. The highest BCUT2D eigenvalue weighted by molar-refractivity contribution is 7.89. The van der Waals surface area contributed by atoms with Crippen molar-refractivity contribution >= 4 is 26.5 Å². The van der Waals surface area contributed by atoms with Crippen molar-refractivity contribution in [1.29, 1.82) is 0 Å². The summed E-state index contributed by atoms with van der Waals surface area (Å²) >= 11 is 0. The summed E-state index contributed by atoms with van der Waals surface area (Å²) in [5.74, 6) is 0. The second kappa shape index (κ2) is 6.86. The molecule has 3 aromatic carbocycles. The van der Waals surface area contributed by atoms with Crippen LogP contribution in [0.2, 0.25) is 0 Å². The van der Waals surface area contributed by atoms with Crippen molar-refractivity contribution in [3.8, 4) is 0 Å². The fourth-order valence-corrected chi connectivity index (χ4v) is 3.77. The molecule has 0 heterocycles. The zero-order valence-electron chi connectivity index (χ0n) is 14.7. The Morgan fingerprint density at radius 2 is 1.52 bits per heavy atom. The lowest BCUT2D eigenvalue weighted by atomic mass is 10.1. The highest BCUT2D eigenvalue weighted by atomic mass is 32.2. The summed E-state index contributed by atoms with van der Waals surface area (Å²) in [5.41, 5.74) is 2.05. The summed E-state index contributed by atoms with van der Waals surface area (Å²) in [6.07, 6.45) is 0. The molecule has 130 valence electrons. The van der Waals surface area contributed by atoms with E-state index in [0.29, 0.717) is 11.4 Å². The van der Waals surface area contributed by atoms with Gasteiger partial charge in [0.1, 0.15) is 0 Å². The van der Waals surface area contributed by atoms with E-state index in [2.05, 4.69) is 35.2 Å². The molecule has 25 heavy (non-hydrogen) atoms. The molecule has 0 aliphatic rings. The van der Waals surface area contributed by atoms with E-state index in [1.54, 1.807) is 32.3 Å². The minimum Gasteiger partial charge on any atom is -0.370 e. The van der Waals surface area contributed by atoms with Crippen molar-refractivity contribution in [1.82, 2.24) is 4.31 Å². The molecule has 0 fully saturated rings. The van der Waals surface area contributed by atoms with Crippen molar-refractivity contribution in [2.45, 2.75) is 11.4 Å². The Morgan fingerprint density at radius 3 is 2.24 bits per heavy atom. The van der Waals surface area contributed by atoms with Crippen LogP contribution in [-0.4, -0.2) is 33.9 Å². The van der Waals surface area contributed by atoms with E-state index in [-0.39, 0.29) is 0 Å². The zero-order valence-corrected chi connectivity index (χ0v) is 15.5. The van der Waals surface area contributed by atoms with Gasteiger partial charge in [0.15, 0.2) is 0 Å². The maximum Gasteiger partial charge on any atom is 0.242 e. The van der Waals surface area contributed by atoms with Crippen molar-refractivity contribution in [2.24, 2.45) is 0 Å². The molecule has 0 bridgehead atoms. The first kappa shape index (κ1) is 17.5. The van der Waals surface area contributed by atoms with Crippen molar-refractivity contribution < 1.29 is 8.42 Å². The van der Waals surface area contributed by atoms with Crippen LogP contribution in [-0.2, 0) is 16.6 Å². The molecule has 0 amide bonds. The number of anilines is 1. The van der Waals surface area contributed by atoms with Crippen LogP contribution in [0.4, 0.5) is 5.69 Å². The Morgan fingerprint density at radius 1 is 0.800 bits per heavy atom. The second-order valence-corrected chi connectivity index (χ2v) is 8.47. The quantitative estimate of drug-likeness (QED) is 0.701. The van der Waals surface area contributed by atoms with Gasteiger partial charge < -0.3 is 4.90 Å². The zero-order chi connectivity index (χ0) is 18.0. The van der Waals surface area contributed by atoms with Gasteiger partial charge in [-0.2, -0.15) is 0 Å². The van der Waals surface area contributed by atoms with Crippen molar-refractivity contribution in [3.05, 3.63) is 72.3 Å². The summed E-state index contributed by atoms with van der Waals surface area (Å²) < 4.78 is 25.8. The molecule has 3 aromatic rings. The maximum atomic E-state index is 12.3. The van der Waals surface area contributed by atoms with Crippen LogP contribution >= 0.6 is 0 Å². The van der Waals surface area contributed by atoms with Gasteiger partial charge in [-0.25, -0.2) is 12.7 Å². The highest BCUT2D eigenvalue weighted by Crippen LogP contribution is 2.23. The van der Waals surface area contributed by atoms with E-state index in [0.717, 1.165) is 11.3 Å². The van der Waals surface area contributed by atoms with E-state index in [1.165, 1.54) is 15.1 Å². The largest absolute Gasteiger partial charge is 0.370 e. The van der Waals surface area contributed by atoms with E-state index in [9.17, 15) is 8.42 Å². The molecule has 5 heteroatoms. The van der Waals surface area contributed by atoms with Gasteiger partial charge in [-0.1, -0.05) is 42.5 Å². The van der Waals surface area contributed by atoms with E-state index >= 15 is 0 Å². The van der Waals surface area contributed by atoms with Crippen LogP contribution in [0.3, 0.4) is 0 Å². The van der Waals surface area contributed by atoms with Gasteiger partial charge >= 0.3 is 0 Å². The van der Waals surface area contributed by atoms with Crippen LogP contribution < -0.4 is 4.90 Å². The van der Waals surface area contributed by atoms with Gasteiger partial charge in [-0.15, -0.1) is 0 Å². The summed E-state index contributed by atoms with van der Waals surface area (Å²) in [5, 5.41) is 2.40. The lowest BCUT2D eigenvalue weighted by Crippen LogP contribution is -2.22. The standard InChI is InChI=1S/C20H22N2O2S/c1-21(2)25(23,24)20-10-6-7-16(13-20)15-22(3)19-12-11-17-8-4-5-9-18(17)14-19/h4-14H,15H2,1-3H3. The predicted molar refractivity (Wildman–Crippen MR) is 103 cm³/mol. The minimum absolute atomic E-state index is 0.321. The first-order chi connectivity index (χ1) is 11.9. The van der Waals surface area contributed by atoms with Crippen LogP contribution in [0.25, 0.3) is 10.8 Å². The summed E-state index contributed by atoms with van der Waals surface area (Å²) in [6.45, 7) is 0.634. The molecule has 0 aliphatic carbocycles. The molecular formula is C20H22N2O2S. The number of rotatable bonds is 5. The van der Waals surface area contributed by atoms with Gasteiger partial charge in [0.25, 0.3) is 0 Å². The molecule has 3 rings (SSSR count). The van der Waals surface area contributed by atoms with Gasteiger partial charge in [0.2, 0.25) is 10.0 Å². The number of benzene rings is 3. The fraction of sp³-hybridized carbons (Fsp3) is 0.200. The Kier molecular flexibility index (Phi) is 4.79. The molecule has 0 saturated carbocycles. The molecule has 0 atom stereocenters. The molecule has 0 spiro atoms. The third-order valence-electron chi connectivity index (χ3n) is 4.27. The summed E-state index contributed by atoms with van der Waals surface area (Å²) in [4.78, 5) is 2.44. The van der Waals surface area contributed by atoms with Gasteiger partial charge in [-0.05, 0) is 40.6 Å². The van der Waals surface area contributed by atoms with Gasteiger partial charge in [-0.3, -0.25) is 0 Å². The van der Waals surface area contributed by atoms with E-state index in [4.69, 9.17) is 0 Å². The SMILES string of the molecule is CN(Cc1cccc(S(=O)(=O)N(C)C)c1)c1ccc2ccccc2c1. The molecule has 0 N–H and O–H groups in total. The number of fused-ring (bicyclic) bond motifs is 1. The average molecular weight is 354 g/mol. The maximum absolute atomic E-state index is 12.3. The number of nitrogens with zero attached hydrogens (tertiary/aromatic N) is 2. The lowest BCUT2D eigenvalue weighted by Gasteiger charge is -2.20.